The normalized spacial score (nSPS) is 12.8. The molecule has 0 aromatic heterocycles. The van der Waals surface area contributed by atoms with Crippen LogP contribution in [0, 0.1) is 0 Å². The van der Waals surface area contributed by atoms with Crippen molar-refractivity contribution in [3.63, 3.8) is 0 Å². The van der Waals surface area contributed by atoms with E-state index in [9.17, 15) is 9.59 Å². The Morgan fingerprint density at radius 2 is 0.738 bits per heavy atom. The molecule has 2 aromatic carbocycles. The second kappa shape index (κ2) is 21.9. The van der Waals surface area contributed by atoms with Gasteiger partial charge in [0.1, 0.15) is 0 Å². The van der Waals surface area contributed by atoms with Crippen molar-refractivity contribution in [2.24, 2.45) is 0 Å². The van der Waals surface area contributed by atoms with Crippen molar-refractivity contribution in [3.05, 3.63) is 71.3 Å². The predicted octanol–water partition coefficient (Wildman–Crippen LogP) is 2.62. The number of fused-ring (bicyclic) bond motifs is 1. The lowest BCUT2D eigenvalue weighted by molar-refractivity contribution is -0.0237. The van der Waals surface area contributed by atoms with Gasteiger partial charge >= 0.3 is 0 Å². The van der Waals surface area contributed by atoms with Gasteiger partial charge in [0.05, 0.1) is 123 Å². The topological polar surface area (TPSA) is 111 Å². The molecule has 0 fully saturated rings. The minimum absolute atomic E-state index is 0.219. The third-order valence-corrected chi connectivity index (χ3v) is 6.05. The van der Waals surface area contributed by atoms with E-state index in [4.69, 9.17) is 37.9 Å². The number of nitrogens with zero attached hydrogens (tertiary/aromatic N) is 1. The summed E-state index contributed by atoms with van der Waals surface area (Å²) in [6.45, 7) is 7.84. The van der Waals surface area contributed by atoms with Gasteiger partial charge in [-0.3, -0.25) is 14.5 Å². The molecule has 0 saturated heterocycles. The number of benzene rings is 2. The van der Waals surface area contributed by atoms with Crippen LogP contribution in [0.3, 0.4) is 0 Å². The van der Waals surface area contributed by atoms with Gasteiger partial charge in [0.25, 0.3) is 11.8 Å². The molecule has 1 aliphatic rings. The third-order valence-electron chi connectivity index (χ3n) is 6.05. The van der Waals surface area contributed by atoms with Gasteiger partial charge in [-0.05, 0) is 17.7 Å². The van der Waals surface area contributed by atoms with Gasteiger partial charge in [-0.15, -0.1) is 0 Å². The standard InChI is InChI=1S/C31H43NO10/c33-30-28-8-4-5-9-29(28)31(34)32(30)10-11-35-12-13-36-14-15-37-16-17-38-18-19-39-20-21-40-22-23-41-24-25-42-26-27-6-2-1-3-7-27/h1-9H,10-26H2. The summed E-state index contributed by atoms with van der Waals surface area (Å²) in [6.07, 6.45) is 0. The second-order valence-corrected chi connectivity index (χ2v) is 9.13. The van der Waals surface area contributed by atoms with E-state index in [1.165, 1.54) is 4.90 Å². The fourth-order valence-corrected chi connectivity index (χ4v) is 3.90. The van der Waals surface area contributed by atoms with Crippen LogP contribution in [0.2, 0.25) is 0 Å². The largest absolute Gasteiger partial charge is 0.377 e. The number of carbonyl (C=O) groups excluding carboxylic acids is 2. The predicted molar refractivity (Wildman–Crippen MR) is 154 cm³/mol. The Bertz CT molecular complexity index is 971. The highest BCUT2D eigenvalue weighted by atomic mass is 16.6. The Morgan fingerprint density at radius 3 is 1.14 bits per heavy atom. The second-order valence-electron chi connectivity index (χ2n) is 9.13. The molecule has 11 heteroatoms. The number of rotatable bonds is 26. The monoisotopic (exact) mass is 589 g/mol. The lowest BCUT2D eigenvalue weighted by Crippen LogP contribution is -2.33. The molecule has 3 rings (SSSR count). The highest BCUT2D eigenvalue weighted by Crippen LogP contribution is 2.21. The molecule has 1 heterocycles. The van der Waals surface area contributed by atoms with Crippen molar-refractivity contribution >= 4 is 11.8 Å². The van der Waals surface area contributed by atoms with Gasteiger partial charge in [-0.1, -0.05) is 42.5 Å². The molecule has 0 N–H and O–H groups in total. The lowest BCUT2D eigenvalue weighted by Gasteiger charge is -2.13. The van der Waals surface area contributed by atoms with Crippen molar-refractivity contribution in [1.29, 1.82) is 0 Å². The number of hydrogen-bond donors (Lipinski definition) is 0. The number of imide groups is 1. The SMILES string of the molecule is O=C1c2ccccc2C(=O)N1CCOCCOCCOCCOCCOCCOCCOCCOCc1ccccc1. The van der Waals surface area contributed by atoms with Gasteiger partial charge in [-0.2, -0.15) is 0 Å². The molecule has 0 atom stereocenters. The van der Waals surface area contributed by atoms with Crippen LogP contribution < -0.4 is 0 Å². The maximum Gasteiger partial charge on any atom is 0.261 e. The molecule has 42 heavy (non-hydrogen) atoms. The summed E-state index contributed by atoms with van der Waals surface area (Å²) in [4.78, 5) is 25.8. The molecule has 2 amide bonds. The third kappa shape index (κ3) is 13.5. The lowest BCUT2D eigenvalue weighted by atomic mass is 10.1. The molecule has 0 saturated carbocycles. The first-order chi connectivity index (χ1) is 20.8. The van der Waals surface area contributed by atoms with Crippen LogP contribution in [0.1, 0.15) is 26.3 Å². The zero-order valence-corrected chi connectivity index (χ0v) is 24.2. The molecule has 0 bridgehead atoms. The van der Waals surface area contributed by atoms with Crippen LogP contribution in [0.15, 0.2) is 54.6 Å². The molecule has 232 valence electrons. The van der Waals surface area contributed by atoms with E-state index in [1.54, 1.807) is 24.3 Å². The highest BCUT2D eigenvalue weighted by Gasteiger charge is 2.34. The summed E-state index contributed by atoms with van der Waals surface area (Å²) in [5, 5.41) is 0. The molecule has 1 aliphatic heterocycles. The number of ether oxygens (including phenoxy) is 8. The van der Waals surface area contributed by atoms with E-state index in [0.717, 1.165) is 5.56 Å². The van der Waals surface area contributed by atoms with Crippen LogP contribution in [0.5, 0.6) is 0 Å². The maximum absolute atomic E-state index is 12.3. The van der Waals surface area contributed by atoms with E-state index in [-0.39, 0.29) is 25.0 Å². The van der Waals surface area contributed by atoms with E-state index >= 15 is 0 Å². The first-order valence-corrected chi connectivity index (χ1v) is 14.4. The molecule has 0 radical (unpaired) electrons. The Balaban J connectivity index is 0.964. The van der Waals surface area contributed by atoms with E-state index in [1.807, 2.05) is 30.3 Å². The van der Waals surface area contributed by atoms with Crippen molar-refractivity contribution in [2.75, 3.05) is 106 Å². The summed E-state index contributed by atoms with van der Waals surface area (Å²) in [5.41, 5.74) is 2.04. The van der Waals surface area contributed by atoms with E-state index in [2.05, 4.69) is 0 Å². The van der Waals surface area contributed by atoms with Crippen LogP contribution in [0.4, 0.5) is 0 Å². The summed E-state index contributed by atoms with van der Waals surface area (Å²) in [6, 6.07) is 16.9. The number of amides is 2. The van der Waals surface area contributed by atoms with E-state index in [0.29, 0.717) is 110 Å². The van der Waals surface area contributed by atoms with Gasteiger partial charge < -0.3 is 37.9 Å². The summed E-state index contributed by atoms with van der Waals surface area (Å²) < 4.78 is 43.9. The average molecular weight is 590 g/mol. The van der Waals surface area contributed by atoms with Crippen LogP contribution in [-0.2, 0) is 44.5 Å². The van der Waals surface area contributed by atoms with Crippen LogP contribution in [-0.4, -0.2) is 122 Å². The minimum Gasteiger partial charge on any atom is -0.377 e. The summed E-state index contributed by atoms with van der Waals surface area (Å²) in [5.74, 6) is -0.548. The zero-order chi connectivity index (χ0) is 29.5. The quantitative estimate of drug-likeness (QED) is 0.120. The Hall–Kier alpha value is -2.74. The Labute approximate surface area is 247 Å². The molecular weight excluding hydrogens is 546 g/mol. The van der Waals surface area contributed by atoms with Crippen molar-refractivity contribution in [3.8, 4) is 0 Å². The first-order valence-electron chi connectivity index (χ1n) is 14.4. The fourth-order valence-electron chi connectivity index (χ4n) is 3.90. The maximum atomic E-state index is 12.3. The molecule has 11 nitrogen and oxygen atoms in total. The molecule has 0 spiro atoms. The minimum atomic E-state index is -0.274. The van der Waals surface area contributed by atoms with Crippen molar-refractivity contribution < 1.29 is 47.5 Å². The van der Waals surface area contributed by atoms with Crippen LogP contribution >= 0.6 is 0 Å². The Morgan fingerprint density at radius 1 is 0.405 bits per heavy atom. The molecular formula is C31H43NO10. The van der Waals surface area contributed by atoms with Gasteiger partial charge in [0.2, 0.25) is 0 Å². The Kier molecular flexibility index (Phi) is 17.6. The highest BCUT2D eigenvalue weighted by molar-refractivity contribution is 6.21. The van der Waals surface area contributed by atoms with Crippen LogP contribution in [0.25, 0.3) is 0 Å². The fraction of sp³-hybridized carbons (Fsp3) is 0.548. The van der Waals surface area contributed by atoms with Gasteiger partial charge in [0.15, 0.2) is 0 Å². The summed E-state index contributed by atoms with van der Waals surface area (Å²) in [7, 11) is 0. The smallest absolute Gasteiger partial charge is 0.261 e. The van der Waals surface area contributed by atoms with Gasteiger partial charge in [0, 0.05) is 0 Å². The number of hydrogen-bond acceptors (Lipinski definition) is 10. The van der Waals surface area contributed by atoms with E-state index < -0.39 is 0 Å². The molecule has 0 aliphatic carbocycles. The average Bonchev–Trinajstić information content (AvgIpc) is 3.26. The summed E-state index contributed by atoms with van der Waals surface area (Å²) >= 11 is 0. The first kappa shape index (κ1) is 33.8. The van der Waals surface area contributed by atoms with Crippen molar-refractivity contribution in [2.45, 2.75) is 6.61 Å². The van der Waals surface area contributed by atoms with Crippen molar-refractivity contribution in [1.82, 2.24) is 4.90 Å². The number of carbonyl (C=O) groups is 2. The van der Waals surface area contributed by atoms with Gasteiger partial charge in [-0.25, -0.2) is 0 Å². The zero-order valence-electron chi connectivity index (χ0n) is 24.2. The molecule has 2 aromatic rings. The molecule has 0 unspecified atom stereocenters.